The molecule has 0 aliphatic heterocycles. The van der Waals surface area contributed by atoms with E-state index in [1.807, 2.05) is 0 Å². The monoisotopic (exact) mass is 264 g/mol. The topological polar surface area (TPSA) is 77.4 Å². The Balaban J connectivity index is -0.0000000625. The summed E-state index contributed by atoms with van der Waals surface area (Å²) in [6, 6.07) is 0. The van der Waals surface area contributed by atoms with Crippen molar-refractivity contribution in [2.75, 3.05) is 28.4 Å². The minimum Gasteiger partial charge on any atom is -0.402 e. The first kappa shape index (κ1) is 24.2. The standard InChI is InChI=1S/2C2H7BO3.ClH.Ti/c2*1-5-3(4)6-2;;/h2*4H,1-2H3;1H;. The van der Waals surface area contributed by atoms with Crippen LogP contribution < -0.4 is 0 Å². The number of hydrogen-bond acceptors (Lipinski definition) is 6. The molecule has 14 heavy (non-hydrogen) atoms. The summed E-state index contributed by atoms with van der Waals surface area (Å²) in [5.74, 6) is 0. The van der Waals surface area contributed by atoms with Gasteiger partial charge < -0.3 is 28.7 Å². The number of halogens is 1. The zero-order valence-electron chi connectivity index (χ0n) is 8.59. The second-order valence-corrected chi connectivity index (χ2v) is 1.56. The van der Waals surface area contributed by atoms with Crippen molar-refractivity contribution in [3.05, 3.63) is 0 Å². The van der Waals surface area contributed by atoms with E-state index in [2.05, 4.69) is 18.6 Å². The molecule has 10 heteroatoms. The van der Waals surface area contributed by atoms with Crippen molar-refractivity contribution in [2.24, 2.45) is 0 Å². The average Bonchev–Trinajstić information content (AvgIpc) is 2.16. The average molecular weight is 264 g/mol. The van der Waals surface area contributed by atoms with Crippen LogP contribution >= 0.6 is 12.4 Å². The molecule has 0 aliphatic carbocycles. The summed E-state index contributed by atoms with van der Waals surface area (Å²) in [6.45, 7) is 0. The molecule has 0 heterocycles. The van der Waals surface area contributed by atoms with Crippen molar-refractivity contribution in [3.8, 4) is 0 Å². The van der Waals surface area contributed by atoms with E-state index in [1.165, 1.54) is 28.4 Å². The third-order valence-electron chi connectivity index (χ3n) is 0.807. The third kappa shape index (κ3) is 23.1. The molecule has 0 fully saturated rings. The molecule has 0 spiro atoms. The van der Waals surface area contributed by atoms with Crippen LogP contribution in [0.25, 0.3) is 0 Å². The van der Waals surface area contributed by atoms with E-state index in [0.717, 1.165) is 0 Å². The summed E-state index contributed by atoms with van der Waals surface area (Å²) < 4.78 is 16.9. The Morgan fingerprint density at radius 2 is 0.857 bits per heavy atom. The quantitative estimate of drug-likeness (QED) is 0.630. The molecule has 0 saturated carbocycles. The molecule has 0 amide bonds. The van der Waals surface area contributed by atoms with Gasteiger partial charge in [0.25, 0.3) is 0 Å². The molecule has 0 radical (unpaired) electrons. The predicted molar refractivity (Wildman–Crippen MR) is 51.2 cm³/mol. The van der Waals surface area contributed by atoms with E-state index in [1.54, 1.807) is 0 Å². The molecule has 84 valence electrons. The molecular weight excluding hydrogens is 249 g/mol. The second-order valence-electron chi connectivity index (χ2n) is 1.56. The van der Waals surface area contributed by atoms with Crippen LogP contribution in [0, 0.1) is 0 Å². The number of hydrogen-bond donors (Lipinski definition) is 2. The molecule has 0 rings (SSSR count). The van der Waals surface area contributed by atoms with Gasteiger partial charge >= 0.3 is 14.6 Å². The van der Waals surface area contributed by atoms with Crippen LogP contribution in [0.5, 0.6) is 0 Å². The summed E-state index contributed by atoms with van der Waals surface area (Å²) in [5.41, 5.74) is 0. The summed E-state index contributed by atoms with van der Waals surface area (Å²) >= 11 is 0. The summed E-state index contributed by atoms with van der Waals surface area (Å²) in [5, 5.41) is 16.4. The van der Waals surface area contributed by atoms with Gasteiger partial charge in [0, 0.05) is 50.2 Å². The summed E-state index contributed by atoms with van der Waals surface area (Å²) in [6.07, 6.45) is 0. The summed E-state index contributed by atoms with van der Waals surface area (Å²) in [4.78, 5) is 0. The first-order valence-corrected chi connectivity index (χ1v) is 3.09. The van der Waals surface area contributed by atoms with E-state index >= 15 is 0 Å². The molecule has 0 aromatic carbocycles. The fourth-order valence-corrected chi connectivity index (χ4v) is 0.192. The fourth-order valence-electron chi connectivity index (χ4n) is 0.192. The maximum atomic E-state index is 8.22. The maximum absolute atomic E-state index is 8.22. The summed E-state index contributed by atoms with van der Waals surface area (Å²) in [7, 11) is 3.29. The van der Waals surface area contributed by atoms with Crippen LogP contribution in [0.3, 0.4) is 0 Å². The van der Waals surface area contributed by atoms with E-state index in [0.29, 0.717) is 0 Å². The van der Waals surface area contributed by atoms with Gasteiger partial charge in [0.1, 0.15) is 0 Å². The van der Waals surface area contributed by atoms with Crippen LogP contribution in [0.1, 0.15) is 0 Å². The van der Waals surface area contributed by atoms with Crippen LogP contribution in [-0.2, 0) is 40.3 Å². The Labute approximate surface area is 106 Å². The van der Waals surface area contributed by atoms with Gasteiger partial charge in [-0.15, -0.1) is 12.4 Å². The largest absolute Gasteiger partial charge is 0.636 e. The van der Waals surface area contributed by atoms with Crippen LogP contribution in [0.2, 0.25) is 0 Å². The van der Waals surface area contributed by atoms with Crippen molar-refractivity contribution in [2.45, 2.75) is 0 Å². The second kappa shape index (κ2) is 19.5. The van der Waals surface area contributed by atoms with Crippen LogP contribution in [-0.4, -0.2) is 53.1 Å². The first-order chi connectivity index (χ1) is 5.62. The zero-order chi connectivity index (χ0) is 9.98. The van der Waals surface area contributed by atoms with Gasteiger partial charge in [-0.25, -0.2) is 0 Å². The molecule has 0 atom stereocenters. The zero-order valence-corrected chi connectivity index (χ0v) is 11.0. The van der Waals surface area contributed by atoms with Crippen molar-refractivity contribution >= 4 is 27.0 Å². The van der Waals surface area contributed by atoms with Gasteiger partial charge in [0.05, 0.1) is 0 Å². The molecule has 0 saturated heterocycles. The Hall–Kier alpha value is 0.894. The SMILES string of the molecule is COB(O)OC.COB(O)OC.Cl.[Ti]. The van der Waals surface area contributed by atoms with Gasteiger partial charge in [-0.2, -0.15) is 0 Å². The van der Waals surface area contributed by atoms with E-state index < -0.39 is 14.6 Å². The van der Waals surface area contributed by atoms with Crippen LogP contribution in [0.4, 0.5) is 0 Å². The molecule has 0 bridgehead atoms. The Morgan fingerprint density at radius 3 is 0.857 bits per heavy atom. The first-order valence-electron chi connectivity index (χ1n) is 3.09. The van der Waals surface area contributed by atoms with E-state index in [9.17, 15) is 0 Å². The van der Waals surface area contributed by atoms with Gasteiger partial charge in [0.15, 0.2) is 0 Å². The van der Waals surface area contributed by atoms with Gasteiger partial charge in [-0.1, -0.05) is 0 Å². The van der Waals surface area contributed by atoms with Crippen molar-refractivity contribution < 1.29 is 50.4 Å². The van der Waals surface area contributed by atoms with Crippen LogP contribution in [0.15, 0.2) is 0 Å². The maximum Gasteiger partial charge on any atom is 0.636 e. The third-order valence-corrected chi connectivity index (χ3v) is 0.807. The van der Waals surface area contributed by atoms with Crippen molar-refractivity contribution in [1.29, 1.82) is 0 Å². The molecule has 0 aliphatic rings. The molecule has 0 aromatic heterocycles. The van der Waals surface area contributed by atoms with Gasteiger partial charge in [0.2, 0.25) is 0 Å². The number of rotatable bonds is 4. The van der Waals surface area contributed by atoms with Gasteiger partial charge in [-0.05, 0) is 0 Å². The van der Waals surface area contributed by atoms with Crippen molar-refractivity contribution in [1.82, 2.24) is 0 Å². The fraction of sp³-hybridized carbons (Fsp3) is 1.00. The minimum atomic E-state index is -1.06. The Morgan fingerprint density at radius 1 is 0.714 bits per heavy atom. The van der Waals surface area contributed by atoms with E-state index in [-0.39, 0.29) is 34.1 Å². The molecule has 0 unspecified atom stereocenters. The smallest absolute Gasteiger partial charge is 0.402 e. The molecular formula is C4H15B2ClO6Ti. The Kier molecular flexibility index (Phi) is 33.7. The predicted octanol–water partition coefficient (Wildman–Crippen LogP) is -1.07. The van der Waals surface area contributed by atoms with Gasteiger partial charge in [-0.3, -0.25) is 0 Å². The molecule has 2 N–H and O–H groups in total. The van der Waals surface area contributed by atoms with E-state index in [4.69, 9.17) is 10.0 Å². The molecule has 6 nitrogen and oxygen atoms in total. The Bertz CT molecular complexity index is 76.2. The molecule has 0 aromatic rings. The van der Waals surface area contributed by atoms with Crippen molar-refractivity contribution in [3.63, 3.8) is 0 Å². The minimum absolute atomic E-state index is 0. The normalized spacial score (nSPS) is 7.29.